The van der Waals surface area contributed by atoms with Gasteiger partial charge in [0.15, 0.2) is 0 Å². The number of carbonyl (C=O) groups is 1. The number of hydrogen-bond acceptors (Lipinski definition) is 3. The van der Waals surface area contributed by atoms with Gasteiger partial charge in [0.2, 0.25) is 0 Å². The van der Waals surface area contributed by atoms with E-state index in [-0.39, 0.29) is 6.03 Å². The van der Waals surface area contributed by atoms with Gasteiger partial charge >= 0.3 is 6.03 Å². The summed E-state index contributed by atoms with van der Waals surface area (Å²) in [4.78, 5) is 18.2. The zero-order chi connectivity index (χ0) is 17.6. The Hall–Kier alpha value is -2.56. The molecular weight excluding hydrogens is 314 g/mol. The molecule has 0 spiro atoms. The maximum atomic E-state index is 12.2. The van der Waals surface area contributed by atoms with Crippen molar-refractivity contribution in [1.29, 1.82) is 0 Å². The van der Waals surface area contributed by atoms with E-state index in [9.17, 15) is 4.79 Å². The van der Waals surface area contributed by atoms with Gasteiger partial charge in [-0.15, -0.1) is 0 Å². The van der Waals surface area contributed by atoms with Crippen molar-refractivity contribution in [3.8, 4) is 5.75 Å². The number of carbonyl (C=O) groups excluding carboxylic acids is 1. The van der Waals surface area contributed by atoms with E-state index in [1.807, 2.05) is 54.4 Å². The van der Waals surface area contributed by atoms with Crippen LogP contribution in [0.4, 0.5) is 4.79 Å². The number of ether oxygens (including phenoxy) is 1. The topological polar surface area (TPSA) is 54.5 Å². The Balaban J connectivity index is 1.45. The van der Waals surface area contributed by atoms with Crippen LogP contribution in [0.2, 0.25) is 0 Å². The Morgan fingerprint density at radius 2 is 2.04 bits per heavy atom. The molecule has 5 nitrogen and oxygen atoms in total. The largest absolute Gasteiger partial charge is 0.487 e. The van der Waals surface area contributed by atoms with E-state index in [1.54, 1.807) is 6.20 Å². The Morgan fingerprint density at radius 3 is 2.68 bits per heavy atom. The number of hydrogen-bond donors (Lipinski definition) is 1. The van der Waals surface area contributed by atoms with Crippen LogP contribution in [0.5, 0.6) is 5.75 Å². The highest BCUT2D eigenvalue weighted by Crippen LogP contribution is 2.34. The van der Waals surface area contributed by atoms with Gasteiger partial charge in [0, 0.05) is 25.8 Å². The van der Waals surface area contributed by atoms with Crippen molar-refractivity contribution in [2.24, 2.45) is 5.92 Å². The molecule has 1 aromatic heterocycles. The molecule has 5 heteroatoms. The van der Waals surface area contributed by atoms with E-state index in [0.29, 0.717) is 25.1 Å². The molecule has 1 aliphatic rings. The van der Waals surface area contributed by atoms with Crippen LogP contribution in [0.25, 0.3) is 0 Å². The van der Waals surface area contributed by atoms with E-state index in [1.165, 1.54) is 12.8 Å². The fraction of sp³-hybridized carbons (Fsp3) is 0.400. The lowest BCUT2D eigenvalue weighted by molar-refractivity contribution is 0.187. The number of rotatable bonds is 7. The van der Waals surface area contributed by atoms with E-state index in [2.05, 4.69) is 17.2 Å². The molecule has 1 aliphatic carbocycles. The third-order valence-electron chi connectivity index (χ3n) is 4.72. The van der Waals surface area contributed by atoms with Gasteiger partial charge in [0.05, 0.1) is 5.69 Å². The van der Waals surface area contributed by atoms with E-state index in [4.69, 9.17) is 4.74 Å². The zero-order valence-corrected chi connectivity index (χ0v) is 14.8. The summed E-state index contributed by atoms with van der Waals surface area (Å²) < 4.78 is 5.72. The van der Waals surface area contributed by atoms with Crippen LogP contribution in [0.15, 0.2) is 48.7 Å². The van der Waals surface area contributed by atoms with Gasteiger partial charge in [-0.25, -0.2) is 4.79 Å². The van der Waals surface area contributed by atoms with Gasteiger partial charge in [-0.1, -0.05) is 18.2 Å². The predicted octanol–water partition coefficient (Wildman–Crippen LogP) is 3.60. The molecule has 1 unspecified atom stereocenters. The number of urea groups is 1. The average molecular weight is 339 g/mol. The molecule has 2 amide bonds. The van der Waals surface area contributed by atoms with Crippen molar-refractivity contribution in [3.63, 3.8) is 0 Å². The first-order chi connectivity index (χ1) is 12.1. The molecule has 132 valence electrons. The maximum Gasteiger partial charge on any atom is 0.317 e. The Labute approximate surface area is 149 Å². The Kier molecular flexibility index (Phi) is 5.53. The van der Waals surface area contributed by atoms with Crippen LogP contribution in [-0.2, 0) is 13.2 Å². The highest BCUT2D eigenvalue weighted by atomic mass is 16.5. The fourth-order valence-corrected chi connectivity index (χ4v) is 2.73. The Bertz CT molecular complexity index is 684. The summed E-state index contributed by atoms with van der Waals surface area (Å²) in [6.45, 7) is 3.08. The lowest BCUT2D eigenvalue weighted by Crippen LogP contribution is -2.42. The molecule has 1 N–H and O–H groups in total. The first kappa shape index (κ1) is 17.3. The average Bonchev–Trinajstić information content (AvgIpc) is 3.50. The zero-order valence-electron chi connectivity index (χ0n) is 14.8. The van der Waals surface area contributed by atoms with Crippen LogP contribution in [0.3, 0.4) is 0 Å². The van der Waals surface area contributed by atoms with Gasteiger partial charge in [0.25, 0.3) is 0 Å². The summed E-state index contributed by atoms with van der Waals surface area (Å²) in [5.74, 6) is 1.46. The number of benzene rings is 1. The molecule has 1 atom stereocenters. The van der Waals surface area contributed by atoms with Crippen molar-refractivity contribution in [3.05, 3.63) is 59.9 Å². The summed E-state index contributed by atoms with van der Waals surface area (Å²) in [5.41, 5.74) is 1.94. The molecule has 3 rings (SSSR count). The van der Waals surface area contributed by atoms with Crippen molar-refractivity contribution >= 4 is 6.03 Å². The molecule has 1 saturated carbocycles. The molecule has 0 aliphatic heterocycles. The van der Waals surface area contributed by atoms with Crippen LogP contribution in [0.1, 0.15) is 31.0 Å². The second-order valence-electron chi connectivity index (χ2n) is 6.60. The van der Waals surface area contributed by atoms with E-state index in [0.717, 1.165) is 17.0 Å². The first-order valence-corrected chi connectivity index (χ1v) is 8.76. The minimum atomic E-state index is -0.0186. The van der Waals surface area contributed by atoms with Gasteiger partial charge in [-0.05, 0) is 55.5 Å². The van der Waals surface area contributed by atoms with Crippen molar-refractivity contribution in [2.75, 3.05) is 7.05 Å². The maximum absolute atomic E-state index is 12.2. The van der Waals surface area contributed by atoms with Crippen LogP contribution in [0, 0.1) is 5.92 Å². The normalized spacial score (nSPS) is 14.6. The summed E-state index contributed by atoms with van der Waals surface area (Å²) >= 11 is 0. The second-order valence-corrected chi connectivity index (χ2v) is 6.60. The third-order valence-corrected chi connectivity index (χ3v) is 4.72. The number of nitrogens with one attached hydrogen (secondary N) is 1. The van der Waals surface area contributed by atoms with Crippen LogP contribution < -0.4 is 10.1 Å². The standard InChI is InChI=1S/C20H25N3O2/c1-15(17-8-9-17)23(2)20(24)22-13-16-6-10-19(11-7-16)25-14-18-5-3-4-12-21-18/h3-7,10-12,15,17H,8-9,13-14H2,1-2H3,(H,22,24). The fourth-order valence-electron chi connectivity index (χ4n) is 2.73. The third kappa shape index (κ3) is 4.95. The molecule has 25 heavy (non-hydrogen) atoms. The number of pyridine rings is 1. The van der Waals surface area contributed by atoms with Crippen LogP contribution >= 0.6 is 0 Å². The molecule has 0 saturated heterocycles. The Morgan fingerprint density at radius 1 is 1.28 bits per heavy atom. The lowest BCUT2D eigenvalue weighted by atomic mass is 10.2. The van der Waals surface area contributed by atoms with Gasteiger partial charge < -0.3 is 15.0 Å². The molecule has 0 bridgehead atoms. The molecule has 0 radical (unpaired) electrons. The van der Waals surface area contributed by atoms with Gasteiger partial charge in [-0.3, -0.25) is 4.98 Å². The molecular formula is C20H25N3O2. The number of amides is 2. The van der Waals surface area contributed by atoms with Crippen molar-refractivity contribution in [2.45, 2.75) is 39.0 Å². The summed E-state index contributed by atoms with van der Waals surface area (Å²) in [7, 11) is 1.87. The monoisotopic (exact) mass is 339 g/mol. The molecule has 1 aromatic carbocycles. The van der Waals surface area contributed by atoms with Gasteiger partial charge in [0.1, 0.15) is 12.4 Å². The lowest BCUT2D eigenvalue weighted by Gasteiger charge is -2.25. The number of aromatic nitrogens is 1. The summed E-state index contributed by atoms with van der Waals surface area (Å²) in [6, 6.07) is 13.8. The quantitative estimate of drug-likeness (QED) is 0.838. The second kappa shape index (κ2) is 8.01. The highest BCUT2D eigenvalue weighted by molar-refractivity contribution is 5.74. The van der Waals surface area contributed by atoms with Crippen LogP contribution in [-0.4, -0.2) is 29.0 Å². The molecule has 1 heterocycles. The van der Waals surface area contributed by atoms with E-state index < -0.39 is 0 Å². The highest BCUT2D eigenvalue weighted by Gasteiger charge is 2.32. The summed E-state index contributed by atoms with van der Waals surface area (Å²) in [6.07, 6.45) is 4.23. The van der Waals surface area contributed by atoms with E-state index >= 15 is 0 Å². The SMILES string of the molecule is CC(C1CC1)N(C)C(=O)NCc1ccc(OCc2ccccn2)cc1. The van der Waals surface area contributed by atoms with Crippen molar-refractivity contribution < 1.29 is 9.53 Å². The smallest absolute Gasteiger partial charge is 0.317 e. The van der Waals surface area contributed by atoms with Gasteiger partial charge in [-0.2, -0.15) is 0 Å². The first-order valence-electron chi connectivity index (χ1n) is 8.76. The van der Waals surface area contributed by atoms with Crippen molar-refractivity contribution in [1.82, 2.24) is 15.2 Å². The molecule has 1 fully saturated rings. The number of nitrogens with zero attached hydrogens (tertiary/aromatic N) is 2. The molecule has 2 aromatic rings. The summed E-state index contributed by atoms with van der Waals surface area (Å²) in [5, 5.41) is 2.98. The minimum absolute atomic E-state index is 0.0186. The minimum Gasteiger partial charge on any atom is -0.487 e. The predicted molar refractivity (Wildman–Crippen MR) is 97.2 cm³/mol.